The quantitative estimate of drug-likeness (QED) is 0.0261. The Morgan fingerprint density at radius 1 is 0.273 bits per heavy atom. The highest BCUT2D eigenvalue weighted by Crippen LogP contribution is 2.16. The zero-order valence-corrected chi connectivity index (χ0v) is 50.4. The first-order valence-corrected chi connectivity index (χ1v) is 32.4. The minimum atomic E-state index is -0.793. The number of carbonyl (C=O) groups is 3. The lowest BCUT2D eigenvalue weighted by atomic mass is 10.0. The van der Waals surface area contributed by atoms with Crippen molar-refractivity contribution in [3.05, 3.63) is 109 Å². The van der Waals surface area contributed by atoms with E-state index in [0.29, 0.717) is 19.3 Å². The van der Waals surface area contributed by atoms with Gasteiger partial charge in [-0.2, -0.15) is 0 Å². The highest BCUT2D eigenvalue weighted by atomic mass is 16.6. The summed E-state index contributed by atoms with van der Waals surface area (Å²) >= 11 is 0. The Balaban J connectivity index is 4.38. The van der Waals surface area contributed by atoms with Gasteiger partial charge >= 0.3 is 17.9 Å². The summed E-state index contributed by atoms with van der Waals surface area (Å²) in [5.74, 6) is -0.912. The van der Waals surface area contributed by atoms with Crippen molar-refractivity contribution in [2.24, 2.45) is 0 Å². The van der Waals surface area contributed by atoms with Crippen LogP contribution in [0.3, 0.4) is 0 Å². The monoisotopic (exact) mass is 1070 g/mol. The normalized spacial score (nSPS) is 12.8. The molecule has 0 bridgehead atoms. The van der Waals surface area contributed by atoms with E-state index >= 15 is 0 Å². The molecular formula is C71H120O6. The van der Waals surface area contributed by atoms with Gasteiger partial charge in [-0.05, 0) is 103 Å². The van der Waals surface area contributed by atoms with E-state index in [1.165, 1.54) is 116 Å². The fourth-order valence-electron chi connectivity index (χ4n) is 8.91. The lowest BCUT2D eigenvalue weighted by Gasteiger charge is -2.18. The Morgan fingerprint density at radius 2 is 0.519 bits per heavy atom. The molecule has 0 rings (SSSR count). The van der Waals surface area contributed by atoms with E-state index in [2.05, 4.69) is 130 Å². The molecule has 77 heavy (non-hydrogen) atoms. The molecule has 0 fully saturated rings. The topological polar surface area (TPSA) is 78.9 Å². The molecule has 0 amide bonds. The molecule has 0 radical (unpaired) electrons. The maximum absolute atomic E-state index is 12.9. The van der Waals surface area contributed by atoms with E-state index < -0.39 is 6.10 Å². The van der Waals surface area contributed by atoms with Gasteiger partial charge < -0.3 is 14.2 Å². The van der Waals surface area contributed by atoms with Crippen molar-refractivity contribution < 1.29 is 28.6 Å². The lowest BCUT2D eigenvalue weighted by Crippen LogP contribution is -2.30. The number of hydrogen-bond acceptors (Lipinski definition) is 6. The first-order chi connectivity index (χ1) is 38.0. The van der Waals surface area contributed by atoms with Gasteiger partial charge in [-0.25, -0.2) is 0 Å². The van der Waals surface area contributed by atoms with Gasteiger partial charge in [-0.3, -0.25) is 14.4 Å². The number of unbranched alkanes of at least 4 members (excludes halogenated alkanes) is 29. The summed E-state index contributed by atoms with van der Waals surface area (Å²) in [6, 6.07) is 0. The third kappa shape index (κ3) is 62.8. The standard InChI is InChI=1S/C71H120O6/c1-4-7-10-13-16-19-22-25-28-30-32-33-34-35-36-37-38-39-40-42-43-46-49-52-55-58-61-64-70(73)76-67-68(66-75-69(72)63-60-57-54-51-48-45-27-24-21-18-15-12-9-6-3)77-71(74)65-62-59-56-53-50-47-44-41-31-29-26-23-20-17-14-11-8-5-2/h7,10,15-16,18-19,24-25,27-28,32-33,35-36,38-39,42-43,68H,4-6,8-9,11-14,17,20-23,26,29-31,34,37,40-41,44-67H2,1-3H3/b10-7-,18-15-,19-16-,27-24-,28-25-,33-32-,36-35-,39-38-,43-42-. The van der Waals surface area contributed by atoms with Crippen molar-refractivity contribution in [2.45, 2.75) is 309 Å². The van der Waals surface area contributed by atoms with Crippen molar-refractivity contribution in [2.75, 3.05) is 13.2 Å². The fraction of sp³-hybridized carbons (Fsp3) is 0.704. The van der Waals surface area contributed by atoms with Crippen LogP contribution in [0.15, 0.2) is 109 Å². The van der Waals surface area contributed by atoms with Crippen molar-refractivity contribution in [1.82, 2.24) is 0 Å². The number of esters is 3. The molecular weight excluding hydrogens is 949 g/mol. The Hall–Kier alpha value is -3.93. The maximum Gasteiger partial charge on any atom is 0.306 e. The van der Waals surface area contributed by atoms with E-state index in [9.17, 15) is 14.4 Å². The summed E-state index contributed by atoms with van der Waals surface area (Å²) < 4.78 is 16.9. The summed E-state index contributed by atoms with van der Waals surface area (Å²) in [6.45, 7) is 6.48. The summed E-state index contributed by atoms with van der Waals surface area (Å²) in [5, 5.41) is 0. The molecule has 6 nitrogen and oxygen atoms in total. The average Bonchev–Trinajstić information content (AvgIpc) is 3.43. The molecule has 0 heterocycles. The van der Waals surface area contributed by atoms with Crippen LogP contribution in [-0.2, 0) is 28.6 Å². The number of ether oxygens (including phenoxy) is 3. The molecule has 0 aliphatic rings. The van der Waals surface area contributed by atoms with Gasteiger partial charge in [0.15, 0.2) is 6.10 Å². The summed E-state index contributed by atoms with van der Waals surface area (Å²) in [7, 11) is 0. The predicted molar refractivity (Wildman–Crippen MR) is 334 cm³/mol. The van der Waals surface area contributed by atoms with Crippen LogP contribution in [0.1, 0.15) is 303 Å². The van der Waals surface area contributed by atoms with Gasteiger partial charge in [-0.15, -0.1) is 0 Å². The van der Waals surface area contributed by atoms with E-state index in [0.717, 1.165) is 148 Å². The average molecular weight is 1070 g/mol. The minimum absolute atomic E-state index is 0.0903. The third-order valence-electron chi connectivity index (χ3n) is 13.8. The number of rotatable bonds is 58. The molecule has 0 aromatic heterocycles. The Labute approximate surface area is 476 Å². The smallest absolute Gasteiger partial charge is 0.306 e. The van der Waals surface area contributed by atoms with Gasteiger partial charge in [0.25, 0.3) is 0 Å². The van der Waals surface area contributed by atoms with Gasteiger partial charge in [0.2, 0.25) is 0 Å². The Morgan fingerprint density at radius 3 is 0.831 bits per heavy atom. The van der Waals surface area contributed by atoms with Gasteiger partial charge in [0, 0.05) is 19.3 Å². The Bertz CT molecular complexity index is 1560. The summed E-state index contributed by atoms with van der Waals surface area (Å²) in [5.41, 5.74) is 0. The van der Waals surface area contributed by atoms with Gasteiger partial charge in [0.1, 0.15) is 13.2 Å². The second-order valence-electron chi connectivity index (χ2n) is 21.3. The zero-order valence-electron chi connectivity index (χ0n) is 50.4. The van der Waals surface area contributed by atoms with E-state index in [-0.39, 0.29) is 31.1 Å². The Kier molecular flexibility index (Phi) is 61.3. The van der Waals surface area contributed by atoms with Crippen LogP contribution in [0, 0.1) is 0 Å². The molecule has 6 heteroatoms. The molecule has 0 aliphatic carbocycles. The van der Waals surface area contributed by atoms with Crippen LogP contribution in [-0.4, -0.2) is 37.2 Å². The minimum Gasteiger partial charge on any atom is -0.462 e. The van der Waals surface area contributed by atoms with E-state index in [4.69, 9.17) is 14.2 Å². The first-order valence-electron chi connectivity index (χ1n) is 32.4. The fourth-order valence-corrected chi connectivity index (χ4v) is 8.91. The second kappa shape index (κ2) is 64.6. The number of hydrogen-bond donors (Lipinski definition) is 0. The third-order valence-corrected chi connectivity index (χ3v) is 13.8. The van der Waals surface area contributed by atoms with Crippen LogP contribution in [0.2, 0.25) is 0 Å². The van der Waals surface area contributed by atoms with Crippen LogP contribution in [0.4, 0.5) is 0 Å². The highest BCUT2D eigenvalue weighted by molar-refractivity contribution is 5.71. The maximum atomic E-state index is 12.9. The van der Waals surface area contributed by atoms with E-state index in [1.54, 1.807) is 0 Å². The van der Waals surface area contributed by atoms with Crippen LogP contribution >= 0.6 is 0 Å². The van der Waals surface area contributed by atoms with Crippen LogP contribution in [0.5, 0.6) is 0 Å². The van der Waals surface area contributed by atoms with E-state index in [1.807, 2.05) is 0 Å². The summed E-state index contributed by atoms with van der Waals surface area (Å²) in [6.07, 6.45) is 88.0. The highest BCUT2D eigenvalue weighted by Gasteiger charge is 2.19. The molecule has 1 atom stereocenters. The zero-order chi connectivity index (χ0) is 55.7. The van der Waals surface area contributed by atoms with Crippen molar-refractivity contribution in [3.8, 4) is 0 Å². The van der Waals surface area contributed by atoms with Crippen LogP contribution < -0.4 is 0 Å². The van der Waals surface area contributed by atoms with Crippen molar-refractivity contribution in [1.29, 1.82) is 0 Å². The molecule has 0 aromatic rings. The molecule has 1 unspecified atom stereocenters. The molecule has 0 aromatic carbocycles. The molecule has 0 saturated heterocycles. The van der Waals surface area contributed by atoms with Crippen molar-refractivity contribution >= 4 is 17.9 Å². The second-order valence-corrected chi connectivity index (χ2v) is 21.3. The first kappa shape index (κ1) is 73.1. The van der Waals surface area contributed by atoms with Crippen LogP contribution in [0.25, 0.3) is 0 Å². The largest absolute Gasteiger partial charge is 0.462 e. The van der Waals surface area contributed by atoms with Crippen molar-refractivity contribution in [3.63, 3.8) is 0 Å². The SMILES string of the molecule is CC/C=C\C/C=C\C/C=C\C/C=C\C/C=C\C/C=C\C/C=C\CCCCCCCC(=O)OCC(COC(=O)CCCCCCC/C=C\C/C=C\CCCC)OC(=O)CCCCCCCCCCCCCCCCCCCC. The molecule has 0 saturated carbocycles. The summed E-state index contributed by atoms with van der Waals surface area (Å²) in [4.78, 5) is 38.3. The number of carbonyl (C=O) groups excluding carboxylic acids is 3. The lowest BCUT2D eigenvalue weighted by molar-refractivity contribution is -0.167. The molecule has 440 valence electrons. The molecule has 0 N–H and O–H groups in total. The predicted octanol–water partition coefficient (Wildman–Crippen LogP) is 22.2. The number of allylic oxidation sites excluding steroid dienone is 18. The molecule has 0 aliphatic heterocycles. The van der Waals surface area contributed by atoms with Gasteiger partial charge in [-0.1, -0.05) is 291 Å². The molecule has 0 spiro atoms. The van der Waals surface area contributed by atoms with Gasteiger partial charge in [0.05, 0.1) is 0 Å².